The number of aromatic nitrogens is 2. The van der Waals surface area contributed by atoms with Crippen LogP contribution in [-0.2, 0) is 13.5 Å². The van der Waals surface area contributed by atoms with E-state index < -0.39 is 0 Å². The van der Waals surface area contributed by atoms with E-state index in [1.165, 1.54) is 5.56 Å². The molecule has 0 aromatic carbocycles. The molecular formula is C11H21N3. The number of hydrogen-bond donors (Lipinski definition) is 1. The van der Waals surface area contributed by atoms with Crippen molar-refractivity contribution in [2.75, 3.05) is 0 Å². The molecule has 3 heteroatoms. The Morgan fingerprint density at radius 1 is 1.64 bits per heavy atom. The molecule has 0 aliphatic heterocycles. The third-order valence-electron chi connectivity index (χ3n) is 3.08. The SMILES string of the molecule is CCC(C)C(C)(N)Cc1cnn(C)c1. The second-order valence-electron chi connectivity index (χ2n) is 4.51. The number of nitrogens with two attached hydrogens (primary N) is 1. The molecule has 0 radical (unpaired) electrons. The van der Waals surface area contributed by atoms with Gasteiger partial charge in [-0.2, -0.15) is 5.10 Å². The van der Waals surface area contributed by atoms with Gasteiger partial charge in [0, 0.05) is 18.8 Å². The summed E-state index contributed by atoms with van der Waals surface area (Å²) in [7, 11) is 1.93. The first kappa shape index (κ1) is 11.2. The topological polar surface area (TPSA) is 43.8 Å². The average Bonchev–Trinajstić information content (AvgIpc) is 2.48. The Balaban J connectivity index is 2.67. The van der Waals surface area contributed by atoms with Gasteiger partial charge < -0.3 is 5.73 Å². The van der Waals surface area contributed by atoms with Gasteiger partial charge in [-0.15, -0.1) is 0 Å². The molecule has 0 spiro atoms. The fourth-order valence-corrected chi connectivity index (χ4v) is 1.64. The lowest BCUT2D eigenvalue weighted by Crippen LogP contribution is -2.44. The van der Waals surface area contributed by atoms with E-state index in [9.17, 15) is 0 Å². The smallest absolute Gasteiger partial charge is 0.0522 e. The first-order valence-electron chi connectivity index (χ1n) is 5.22. The summed E-state index contributed by atoms with van der Waals surface area (Å²) in [6.07, 6.45) is 5.95. The van der Waals surface area contributed by atoms with Crippen molar-refractivity contribution >= 4 is 0 Å². The largest absolute Gasteiger partial charge is 0.325 e. The number of hydrogen-bond acceptors (Lipinski definition) is 2. The van der Waals surface area contributed by atoms with Crippen LogP contribution >= 0.6 is 0 Å². The van der Waals surface area contributed by atoms with Crippen LogP contribution in [0.25, 0.3) is 0 Å². The predicted octanol–water partition coefficient (Wildman–Crippen LogP) is 1.73. The van der Waals surface area contributed by atoms with Crippen molar-refractivity contribution < 1.29 is 0 Å². The number of nitrogens with zero attached hydrogens (tertiary/aromatic N) is 2. The molecule has 3 nitrogen and oxygen atoms in total. The third kappa shape index (κ3) is 2.58. The van der Waals surface area contributed by atoms with Crippen LogP contribution < -0.4 is 5.73 Å². The van der Waals surface area contributed by atoms with Gasteiger partial charge in [-0.3, -0.25) is 4.68 Å². The van der Waals surface area contributed by atoms with E-state index >= 15 is 0 Å². The van der Waals surface area contributed by atoms with Crippen LogP contribution in [0, 0.1) is 5.92 Å². The van der Waals surface area contributed by atoms with Crippen LogP contribution in [0.2, 0.25) is 0 Å². The minimum absolute atomic E-state index is 0.127. The Morgan fingerprint density at radius 2 is 2.29 bits per heavy atom. The maximum Gasteiger partial charge on any atom is 0.0522 e. The molecule has 0 aliphatic rings. The maximum absolute atomic E-state index is 6.28. The lowest BCUT2D eigenvalue weighted by molar-refractivity contribution is 0.306. The van der Waals surface area contributed by atoms with Crippen molar-refractivity contribution in [3.8, 4) is 0 Å². The molecule has 1 heterocycles. The monoisotopic (exact) mass is 195 g/mol. The summed E-state index contributed by atoms with van der Waals surface area (Å²) in [5.41, 5.74) is 7.37. The summed E-state index contributed by atoms with van der Waals surface area (Å²) in [5, 5.41) is 4.15. The molecule has 80 valence electrons. The van der Waals surface area contributed by atoms with Crippen molar-refractivity contribution in [2.24, 2.45) is 18.7 Å². The molecule has 0 aliphatic carbocycles. The van der Waals surface area contributed by atoms with Crippen molar-refractivity contribution in [1.82, 2.24) is 9.78 Å². The second-order valence-corrected chi connectivity index (χ2v) is 4.51. The van der Waals surface area contributed by atoms with Crippen LogP contribution in [-0.4, -0.2) is 15.3 Å². The molecule has 0 fully saturated rings. The van der Waals surface area contributed by atoms with Gasteiger partial charge in [-0.05, 0) is 24.8 Å². The molecule has 0 saturated heterocycles. The summed E-state index contributed by atoms with van der Waals surface area (Å²) < 4.78 is 1.82. The van der Waals surface area contributed by atoms with Crippen LogP contribution in [0.15, 0.2) is 12.4 Å². The average molecular weight is 195 g/mol. The predicted molar refractivity (Wildman–Crippen MR) is 59.0 cm³/mol. The van der Waals surface area contributed by atoms with E-state index in [1.807, 2.05) is 24.1 Å². The Morgan fingerprint density at radius 3 is 2.71 bits per heavy atom. The highest BCUT2D eigenvalue weighted by atomic mass is 15.2. The van der Waals surface area contributed by atoms with Crippen LogP contribution in [0.5, 0.6) is 0 Å². The van der Waals surface area contributed by atoms with Gasteiger partial charge in [-0.1, -0.05) is 20.3 Å². The molecule has 2 N–H and O–H groups in total. The highest BCUT2D eigenvalue weighted by Crippen LogP contribution is 2.21. The summed E-state index contributed by atoms with van der Waals surface area (Å²) >= 11 is 0. The third-order valence-corrected chi connectivity index (χ3v) is 3.08. The maximum atomic E-state index is 6.28. The van der Waals surface area contributed by atoms with Crippen molar-refractivity contribution in [1.29, 1.82) is 0 Å². The molecule has 0 saturated carbocycles. The second kappa shape index (κ2) is 4.13. The van der Waals surface area contributed by atoms with Crippen molar-refractivity contribution in [3.63, 3.8) is 0 Å². The first-order valence-corrected chi connectivity index (χ1v) is 5.22. The van der Waals surface area contributed by atoms with Gasteiger partial charge in [0.1, 0.15) is 0 Å². The lowest BCUT2D eigenvalue weighted by Gasteiger charge is -2.30. The van der Waals surface area contributed by atoms with E-state index in [-0.39, 0.29) is 5.54 Å². The first-order chi connectivity index (χ1) is 6.45. The van der Waals surface area contributed by atoms with Crippen LogP contribution in [0.1, 0.15) is 32.8 Å². The Labute approximate surface area is 86.3 Å². The standard InChI is InChI=1S/C11H21N3/c1-5-9(2)11(3,12)6-10-7-13-14(4)8-10/h7-9H,5-6,12H2,1-4H3. The minimum Gasteiger partial charge on any atom is -0.325 e. The molecule has 0 bridgehead atoms. The molecule has 1 aromatic heterocycles. The molecular weight excluding hydrogens is 174 g/mol. The highest BCUT2D eigenvalue weighted by molar-refractivity contribution is 5.09. The van der Waals surface area contributed by atoms with Gasteiger partial charge in [0.25, 0.3) is 0 Å². The molecule has 14 heavy (non-hydrogen) atoms. The number of aryl methyl sites for hydroxylation is 1. The van der Waals surface area contributed by atoms with Crippen LogP contribution in [0.3, 0.4) is 0 Å². The Kier molecular flexibility index (Phi) is 3.32. The zero-order valence-electron chi connectivity index (χ0n) is 9.62. The zero-order chi connectivity index (χ0) is 10.8. The van der Waals surface area contributed by atoms with E-state index in [0.717, 1.165) is 12.8 Å². The normalized spacial score (nSPS) is 17.8. The zero-order valence-corrected chi connectivity index (χ0v) is 9.62. The van der Waals surface area contributed by atoms with Crippen molar-refractivity contribution in [3.05, 3.63) is 18.0 Å². The minimum atomic E-state index is -0.127. The molecule has 2 atom stereocenters. The quantitative estimate of drug-likeness (QED) is 0.795. The fourth-order valence-electron chi connectivity index (χ4n) is 1.64. The van der Waals surface area contributed by atoms with E-state index in [4.69, 9.17) is 5.73 Å². The Hall–Kier alpha value is -0.830. The highest BCUT2D eigenvalue weighted by Gasteiger charge is 2.25. The lowest BCUT2D eigenvalue weighted by atomic mass is 9.82. The van der Waals surface area contributed by atoms with Gasteiger partial charge in [-0.25, -0.2) is 0 Å². The van der Waals surface area contributed by atoms with Crippen LogP contribution in [0.4, 0.5) is 0 Å². The molecule has 2 unspecified atom stereocenters. The van der Waals surface area contributed by atoms with E-state index in [0.29, 0.717) is 5.92 Å². The van der Waals surface area contributed by atoms with E-state index in [1.54, 1.807) is 0 Å². The van der Waals surface area contributed by atoms with Crippen molar-refractivity contribution in [2.45, 2.75) is 39.2 Å². The summed E-state index contributed by atoms with van der Waals surface area (Å²) in [5.74, 6) is 0.530. The summed E-state index contributed by atoms with van der Waals surface area (Å²) in [4.78, 5) is 0. The van der Waals surface area contributed by atoms with Gasteiger partial charge >= 0.3 is 0 Å². The molecule has 1 aromatic rings. The summed E-state index contributed by atoms with van der Waals surface area (Å²) in [6.45, 7) is 6.50. The van der Waals surface area contributed by atoms with Gasteiger partial charge in [0.05, 0.1) is 6.20 Å². The molecule has 0 amide bonds. The van der Waals surface area contributed by atoms with Gasteiger partial charge in [0.15, 0.2) is 0 Å². The van der Waals surface area contributed by atoms with Gasteiger partial charge in [0.2, 0.25) is 0 Å². The van der Waals surface area contributed by atoms with E-state index in [2.05, 4.69) is 25.9 Å². The molecule has 1 rings (SSSR count). The fraction of sp³-hybridized carbons (Fsp3) is 0.727. The Bertz CT molecular complexity index is 288. The summed E-state index contributed by atoms with van der Waals surface area (Å²) in [6, 6.07) is 0. The number of rotatable bonds is 4.